The zero-order chi connectivity index (χ0) is 13.8. The molecule has 0 radical (unpaired) electrons. The van der Waals surface area contributed by atoms with Crippen LogP contribution >= 0.6 is 0 Å². The molecule has 3 N–H and O–H groups in total. The average molecular weight is 264 g/mol. The molecule has 2 rings (SSSR count). The van der Waals surface area contributed by atoms with Crippen molar-refractivity contribution in [3.05, 3.63) is 17.5 Å². The van der Waals surface area contributed by atoms with Gasteiger partial charge in [-0.15, -0.1) is 0 Å². The van der Waals surface area contributed by atoms with Gasteiger partial charge in [0.05, 0.1) is 6.20 Å². The van der Waals surface area contributed by atoms with Crippen LogP contribution in [0, 0.1) is 18.8 Å². The van der Waals surface area contributed by atoms with Crippen molar-refractivity contribution < 1.29 is 4.79 Å². The van der Waals surface area contributed by atoms with Crippen molar-refractivity contribution in [3.63, 3.8) is 0 Å². The number of hydrogen-bond acceptors (Lipinski definition) is 3. The third-order valence-corrected chi connectivity index (χ3v) is 4.34. The lowest BCUT2D eigenvalue weighted by atomic mass is 9.79. The molecule has 1 saturated carbocycles. The molecule has 0 aliphatic heterocycles. The molecular formula is C14H24N4O. The molecule has 2 unspecified atom stereocenters. The predicted molar refractivity (Wildman–Crippen MR) is 74.3 cm³/mol. The monoisotopic (exact) mass is 264 g/mol. The minimum absolute atomic E-state index is 0.0933. The van der Waals surface area contributed by atoms with Gasteiger partial charge in [0.2, 0.25) is 5.91 Å². The molecule has 1 aliphatic rings. The van der Waals surface area contributed by atoms with Gasteiger partial charge in [0.1, 0.15) is 0 Å². The molecule has 106 valence electrons. The van der Waals surface area contributed by atoms with Gasteiger partial charge in [0, 0.05) is 30.8 Å². The number of aromatic nitrogens is 2. The Bertz CT molecular complexity index is 441. The summed E-state index contributed by atoms with van der Waals surface area (Å²) in [6.07, 6.45) is 6.21. The van der Waals surface area contributed by atoms with Crippen molar-refractivity contribution in [2.45, 2.75) is 39.2 Å². The molecule has 1 aliphatic carbocycles. The number of nitrogens with zero attached hydrogens (tertiary/aromatic N) is 2. The number of nitrogens with two attached hydrogens (primary N) is 1. The first-order valence-electron chi connectivity index (χ1n) is 7.08. The molecule has 1 amide bonds. The third kappa shape index (κ3) is 3.15. The number of nitrogens with one attached hydrogen (secondary N) is 1. The van der Waals surface area contributed by atoms with Crippen LogP contribution in [0.1, 0.15) is 36.9 Å². The highest BCUT2D eigenvalue weighted by Gasteiger charge is 2.29. The van der Waals surface area contributed by atoms with Crippen molar-refractivity contribution in [1.29, 1.82) is 0 Å². The molecular weight excluding hydrogens is 240 g/mol. The summed E-state index contributed by atoms with van der Waals surface area (Å²) >= 11 is 0. The lowest BCUT2D eigenvalue weighted by molar-refractivity contribution is -0.127. The van der Waals surface area contributed by atoms with Crippen LogP contribution in [-0.4, -0.2) is 22.2 Å². The SMILES string of the molecule is Cc1c(CNC(=O)C2CCCCC2CN)cnn1C. The molecule has 1 heterocycles. The number of aryl methyl sites for hydroxylation is 1. The number of amides is 1. The Kier molecular flexibility index (Phi) is 4.58. The van der Waals surface area contributed by atoms with Crippen LogP contribution in [0.3, 0.4) is 0 Å². The Morgan fingerprint density at radius 2 is 2.26 bits per heavy atom. The normalized spacial score (nSPS) is 23.3. The Balaban J connectivity index is 1.91. The van der Waals surface area contributed by atoms with Gasteiger partial charge in [-0.05, 0) is 32.2 Å². The van der Waals surface area contributed by atoms with Gasteiger partial charge < -0.3 is 11.1 Å². The number of carbonyl (C=O) groups is 1. The topological polar surface area (TPSA) is 72.9 Å². The molecule has 0 spiro atoms. The van der Waals surface area contributed by atoms with Crippen LogP contribution < -0.4 is 11.1 Å². The minimum Gasteiger partial charge on any atom is -0.352 e. The molecule has 2 atom stereocenters. The zero-order valence-corrected chi connectivity index (χ0v) is 11.9. The van der Waals surface area contributed by atoms with Crippen LogP contribution in [0.2, 0.25) is 0 Å². The van der Waals surface area contributed by atoms with Gasteiger partial charge in [-0.1, -0.05) is 12.8 Å². The Labute approximate surface area is 114 Å². The second-order valence-electron chi connectivity index (χ2n) is 5.48. The van der Waals surface area contributed by atoms with E-state index in [0.717, 1.165) is 30.5 Å². The fraction of sp³-hybridized carbons (Fsp3) is 0.714. The summed E-state index contributed by atoms with van der Waals surface area (Å²) in [5.74, 6) is 0.595. The smallest absolute Gasteiger partial charge is 0.223 e. The number of rotatable bonds is 4. The van der Waals surface area contributed by atoms with Crippen molar-refractivity contribution in [2.75, 3.05) is 6.54 Å². The fourth-order valence-corrected chi connectivity index (χ4v) is 2.87. The molecule has 1 fully saturated rings. The first-order chi connectivity index (χ1) is 9.13. The highest BCUT2D eigenvalue weighted by atomic mass is 16.1. The Morgan fingerprint density at radius 3 is 2.89 bits per heavy atom. The quantitative estimate of drug-likeness (QED) is 0.855. The van der Waals surface area contributed by atoms with E-state index in [1.807, 2.05) is 24.9 Å². The van der Waals surface area contributed by atoms with Crippen molar-refractivity contribution >= 4 is 5.91 Å². The van der Waals surface area contributed by atoms with E-state index in [9.17, 15) is 4.79 Å². The lowest BCUT2D eigenvalue weighted by Gasteiger charge is -2.29. The predicted octanol–water partition coefficient (Wildman–Crippen LogP) is 1.11. The van der Waals surface area contributed by atoms with E-state index in [1.165, 1.54) is 6.42 Å². The molecule has 1 aromatic heterocycles. The summed E-state index contributed by atoms with van der Waals surface area (Å²) < 4.78 is 1.82. The van der Waals surface area contributed by atoms with Crippen LogP contribution in [0.25, 0.3) is 0 Å². The van der Waals surface area contributed by atoms with E-state index in [0.29, 0.717) is 19.0 Å². The maximum atomic E-state index is 12.3. The molecule has 5 nitrogen and oxygen atoms in total. The summed E-state index contributed by atoms with van der Waals surface area (Å²) in [6.45, 7) is 3.19. The second kappa shape index (κ2) is 6.19. The van der Waals surface area contributed by atoms with Crippen LogP contribution in [0.4, 0.5) is 0 Å². The fourth-order valence-electron chi connectivity index (χ4n) is 2.87. The molecule has 5 heteroatoms. The van der Waals surface area contributed by atoms with Crippen LogP contribution in [0.5, 0.6) is 0 Å². The minimum atomic E-state index is 0.0933. The molecule has 19 heavy (non-hydrogen) atoms. The summed E-state index contributed by atoms with van der Waals surface area (Å²) in [4.78, 5) is 12.3. The van der Waals surface area contributed by atoms with Gasteiger partial charge in [-0.3, -0.25) is 9.48 Å². The van der Waals surface area contributed by atoms with E-state index < -0.39 is 0 Å². The lowest BCUT2D eigenvalue weighted by Crippen LogP contribution is -2.39. The summed E-state index contributed by atoms with van der Waals surface area (Å²) in [5.41, 5.74) is 7.95. The summed E-state index contributed by atoms with van der Waals surface area (Å²) in [7, 11) is 1.91. The second-order valence-corrected chi connectivity index (χ2v) is 5.48. The molecule has 1 aromatic rings. The highest BCUT2D eigenvalue weighted by molar-refractivity contribution is 5.79. The standard InChI is InChI=1S/C14H24N4O/c1-10-12(9-17-18(10)2)8-16-14(19)13-6-4-3-5-11(13)7-15/h9,11,13H,3-8,15H2,1-2H3,(H,16,19). The van der Waals surface area contributed by atoms with Crippen molar-refractivity contribution in [1.82, 2.24) is 15.1 Å². The first kappa shape index (κ1) is 14.1. The van der Waals surface area contributed by atoms with Gasteiger partial charge >= 0.3 is 0 Å². The van der Waals surface area contributed by atoms with E-state index >= 15 is 0 Å². The van der Waals surface area contributed by atoms with E-state index in [-0.39, 0.29) is 11.8 Å². The maximum Gasteiger partial charge on any atom is 0.223 e. The maximum absolute atomic E-state index is 12.3. The average Bonchev–Trinajstić information content (AvgIpc) is 2.76. The number of carbonyl (C=O) groups excluding carboxylic acids is 1. The first-order valence-corrected chi connectivity index (χ1v) is 7.08. The van der Waals surface area contributed by atoms with Crippen LogP contribution in [0.15, 0.2) is 6.20 Å². The summed E-state index contributed by atoms with van der Waals surface area (Å²) in [5, 5.41) is 7.22. The van der Waals surface area contributed by atoms with E-state index in [2.05, 4.69) is 10.4 Å². The molecule has 0 saturated heterocycles. The van der Waals surface area contributed by atoms with Gasteiger partial charge in [0.15, 0.2) is 0 Å². The molecule has 0 bridgehead atoms. The largest absolute Gasteiger partial charge is 0.352 e. The zero-order valence-electron chi connectivity index (χ0n) is 11.9. The van der Waals surface area contributed by atoms with Crippen molar-refractivity contribution in [3.8, 4) is 0 Å². The van der Waals surface area contributed by atoms with Gasteiger partial charge in [-0.2, -0.15) is 5.10 Å². The number of hydrogen-bond donors (Lipinski definition) is 2. The summed E-state index contributed by atoms with van der Waals surface area (Å²) in [6, 6.07) is 0. The third-order valence-electron chi connectivity index (χ3n) is 4.34. The van der Waals surface area contributed by atoms with Gasteiger partial charge in [0.25, 0.3) is 0 Å². The molecule has 0 aromatic carbocycles. The Hall–Kier alpha value is -1.36. The Morgan fingerprint density at radius 1 is 1.53 bits per heavy atom. The van der Waals surface area contributed by atoms with Gasteiger partial charge in [-0.25, -0.2) is 0 Å². The van der Waals surface area contributed by atoms with E-state index in [4.69, 9.17) is 5.73 Å². The highest BCUT2D eigenvalue weighted by Crippen LogP contribution is 2.29. The van der Waals surface area contributed by atoms with Crippen molar-refractivity contribution in [2.24, 2.45) is 24.6 Å². The van der Waals surface area contributed by atoms with Crippen LogP contribution in [-0.2, 0) is 18.4 Å². The van der Waals surface area contributed by atoms with E-state index in [1.54, 1.807) is 0 Å².